The Balaban J connectivity index is 1.52. The van der Waals surface area contributed by atoms with Crippen molar-refractivity contribution in [3.05, 3.63) is 77.3 Å². The summed E-state index contributed by atoms with van der Waals surface area (Å²) in [5, 5.41) is 16.1. The third-order valence-electron chi connectivity index (χ3n) is 6.44. The molecule has 0 spiro atoms. The van der Waals surface area contributed by atoms with E-state index in [1.165, 1.54) is 15.4 Å². The van der Waals surface area contributed by atoms with Crippen molar-refractivity contribution in [1.29, 1.82) is 0 Å². The number of aryl methyl sites for hydroxylation is 1. The average molecular weight is 495 g/mol. The molecular formula is C25H26N4O5S. The number of rotatable bonds is 5. The van der Waals surface area contributed by atoms with Gasteiger partial charge in [0.1, 0.15) is 11.5 Å². The fourth-order valence-electron chi connectivity index (χ4n) is 4.57. The van der Waals surface area contributed by atoms with Crippen LogP contribution in [-0.4, -0.2) is 52.5 Å². The standard InChI is InChI=1S/C25H26N4O5S/c1-17-20(14-24(34-17)35(32,33)28-12-5-2-6-13-28)25(31)29-22(19-9-3-4-10-23(19)30)15-21(27-29)18-8-7-11-26-16-18/h3-4,7-11,14,16,22,30H,2,5-6,12-13,15H2,1H3. The molecule has 1 N–H and O–H groups in total. The number of furan rings is 1. The van der Waals surface area contributed by atoms with E-state index in [-0.39, 0.29) is 22.2 Å². The predicted molar refractivity (Wildman–Crippen MR) is 128 cm³/mol. The lowest BCUT2D eigenvalue weighted by Crippen LogP contribution is -2.35. The first-order valence-corrected chi connectivity index (χ1v) is 13.0. The zero-order chi connectivity index (χ0) is 24.6. The number of hydrazone groups is 1. The summed E-state index contributed by atoms with van der Waals surface area (Å²) >= 11 is 0. The zero-order valence-electron chi connectivity index (χ0n) is 19.3. The summed E-state index contributed by atoms with van der Waals surface area (Å²) in [6.07, 6.45) is 6.28. The molecule has 2 aliphatic heterocycles. The summed E-state index contributed by atoms with van der Waals surface area (Å²) in [7, 11) is -3.84. The highest BCUT2D eigenvalue weighted by Crippen LogP contribution is 2.38. The van der Waals surface area contributed by atoms with Crippen LogP contribution in [0.3, 0.4) is 0 Å². The molecule has 1 aromatic carbocycles. The molecule has 1 fully saturated rings. The molecule has 5 rings (SSSR count). The summed E-state index contributed by atoms with van der Waals surface area (Å²) in [5.74, 6) is -0.250. The van der Waals surface area contributed by atoms with Crippen LogP contribution in [0.2, 0.25) is 0 Å². The van der Waals surface area contributed by atoms with Gasteiger partial charge in [-0.25, -0.2) is 13.4 Å². The maximum absolute atomic E-state index is 13.7. The largest absolute Gasteiger partial charge is 0.508 e. The Morgan fingerprint density at radius 3 is 2.60 bits per heavy atom. The predicted octanol–water partition coefficient (Wildman–Crippen LogP) is 3.85. The fourth-order valence-corrected chi connectivity index (χ4v) is 6.06. The van der Waals surface area contributed by atoms with Crippen molar-refractivity contribution in [2.45, 2.75) is 43.7 Å². The highest BCUT2D eigenvalue weighted by Gasteiger charge is 2.38. The van der Waals surface area contributed by atoms with Gasteiger partial charge in [-0.2, -0.15) is 9.41 Å². The Kier molecular flexibility index (Phi) is 6.16. The summed E-state index contributed by atoms with van der Waals surface area (Å²) in [4.78, 5) is 17.9. The van der Waals surface area contributed by atoms with E-state index in [4.69, 9.17) is 4.42 Å². The number of hydrogen-bond acceptors (Lipinski definition) is 7. The van der Waals surface area contributed by atoms with E-state index < -0.39 is 22.0 Å². The number of para-hydroxylation sites is 1. The summed E-state index contributed by atoms with van der Waals surface area (Å²) in [6.45, 7) is 2.44. The number of carbonyl (C=O) groups is 1. The monoisotopic (exact) mass is 494 g/mol. The average Bonchev–Trinajstić information content (AvgIpc) is 3.50. The van der Waals surface area contributed by atoms with Crippen LogP contribution in [0.15, 0.2) is 69.5 Å². The number of nitrogens with zero attached hydrogens (tertiary/aromatic N) is 4. The number of benzene rings is 1. The van der Waals surface area contributed by atoms with E-state index in [0.29, 0.717) is 30.8 Å². The lowest BCUT2D eigenvalue weighted by molar-refractivity contribution is 0.0708. The minimum atomic E-state index is -3.84. The molecule has 0 aliphatic carbocycles. The van der Waals surface area contributed by atoms with Crippen molar-refractivity contribution in [2.75, 3.05) is 13.1 Å². The number of hydrogen-bond donors (Lipinski definition) is 1. The van der Waals surface area contributed by atoms with Crippen LogP contribution in [0.25, 0.3) is 0 Å². The molecular weight excluding hydrogens is 468 g/mol. The molecule has 2 aliphatic rings. The summed E-state index contributed by atoms with van der Waals surface area (Å²) < 4.78 is 33.2. The van der Waals surface area contributed by atoms with Crippen molar-refractivity contribution in [1.82, 2.24) is 14.3 Å². The second-order valence-corrected chi connectivity index (χ2v) is 10.6. The topological polar surface area (TPSA) is 116 Å². The third-order valence-corrected chi connectivity index (χ3v) is 8.20. The van der Waals surface area contributed by atoms with E-state index in [0.717, 1.165) is 24.8 Å². The van der Waals surface area contributed by atoms with Crippen LogP contribution < -0.4 is 0 Å². The molecule has 0 bridgehead atoms. The highest BCUT2D eigenvalue weighted by atomic mass is 32.2. The molecule has 4 heterocycles. The van der Waals surface area contributed by atoms with Gasteiger partial charge in [0, 0.05) is 49.1 Å². The lowest BCUT2D eigenvalue weighted by atomic mass is 9.98. The van der Waals surface area contributed by atoms with E-state index >= 15 is 0 Å². The Labute approximate surface area is 203 Å². The number of phenolic OH excluding ortho intramolecular Hbond substituents is 1. The maximum atomic E-state index is 13.7. The number of aromatic hydroxyl groups is 1. The first-order valence-electron chi connectivity index (χ1n) is 11.6. The number of amides is 1. The molecule has 1 unspecified atom stereocenters. The van der Waals surface area contributed by atoms with Gasteiger partial charge in [0.25, 0.3) is 15.9 Å². The van der Waals surface area contributed by atoms with Crippen LogP contribution in [0.1, 0.15) is 59.0 Å². The smallest absolute Gasteiger partial charge is 0.278 e. The van der Waals surface area contributed by atoms with Crippen molar-refractivity contribution in [3.63, 3.8) is 0 Å². The van der Waals surface area contributed by atoms with Gasteiger partial charge in [-0.05, 0) is 31.9 Å². The minimum absolute atomic E-state index is 0.0511. The Morgan fingerprint density at radius 1 is 1.11 bits per heavy atom. The molecule has 0 radical (unpaired) electrons. The number of phenols is 1. The van der Waals surface area contributed by atoms with Gasteiger partial charge in [0.2, 0.25) is 5.09 Å². The second kappa shape index (κ2) is 9.27. The van der Waals surface area contributed by atoms with E-state index in [1.54, 1.807) is 49.6 Å². The van der Waals surface area contributed by atoms with Crippen LogP contribution in [-0.2, 0) is 10.0 Å². The quantitative estimate of drug-likeness (QED) is 0.576. The molecule has 1 atom stereocenters. The molecule has 35 heavy (non-hydrogen) atoms. The van der Waals surface area contributed by atoms with Crippen LogP contribution >= 0.6 is 0 Å². The number of pyridine rings is 1. The molecule has 182 valence electrons. The van der Waals surface area contributed by atoms with Crippen molar-refractivity contribution < 1.29 is 22.7 Å². The van der Waals surface area contributed by atoms with Gasteiger partial charge in [0.05, 0.1) is 17.3 Å². The number of aromatic nitrogens is 1. The van der Waals surface area contributed by atoms with Crippen LogP contribution in [0.4, 0.5) is 0 Å². The number of sulfonamides is 1. The maximum Gasteiger partial charge on any atom is 0.278 e. The van der Waals surface area contributed by atoms with Crippen LogP contribution in [0, 0.1) is 6.92 Å². The molecule has 1 amide bonds. The van der Waals surface area contributed by atoms with Gasteiger partial charge in [-0.1, -0.05) is 30.7 Å². The molecule has 3 aromatic rings. The van der Waals surface area contributed by atoms with E-state index in [9.17, 15) is 18.3 Å². The second-order valence-electron chi connectivity index (χ2n) is 8.72. The fraction of sp³-hybridized carbons (Fsp3) is 0.320. The number of carbonyl (C=O) groups excluding carboxylic acids is 1. The summed E-state index contributed by atoms with van der Waals surface area (Å²) in [5.41, 5.74) is 2.07. The first-order chi connectivity index (χ1) is 16.9. The van der Waals surface area contributed by atoms with Gasteiger partial charge < -0.3 is 9.52 Å². The normalized spacial score (nSPS) is 19.1. The van der Waals surface area contributed by atoms with Crippen molar-refractivity contribution in [3.8, 4) is 5.75 Å². The molecule has 1 saturated heterocycles. The van der Waals surface area contributed by atoms with Crippen molar-refractivity contribution in [2.24, 2.45) is 5.10 Å². The van der Waals surface area contributed by atoms with Gasteiger partial charge >= 0.3 is 0 Å². The highest BCUT2D eigenvalue weighted by molar-refractivity contribution is 7.89. The zero-order valence-corrected chi connectivity index (χ0v) is 20.1. The first kappa shape index (κ1) is 23.3. The van der Waals surface area contributed by atoms with Gasteiger partial charge in [-0.15, -0.1) is 0 Å². The molecule has 9 nitrogen and oxygen atoms in total. The minimum Gasteiger partial charge on any atom is -0.508 e. The van der Waals surface area contributed by atoms with Gasteiger partial charge in [-0.3, -0.25) is 9.78 Å². The molecule has 2 aromatic heterocycles. The lowest BCUT2D eigenvalue weighted by Gasteiger charge is -2.24. The van der Waals surface area contributed by atoms with Gasteiger partial charge in [0.15, 0.2) is 0 Å². The Hall–Kier alpha value is -3.50. The third kappa shape index (κ3) is 4.35. The Bertz CT molecular complexity index is 1380. The summed E-state index contributed by atoms with van der Waals surface area (Å²) in [6, 6.07) is 11.2. The molecule has 10 heteroatoms. The number of piperidine rings is 1. The van der Waals surface area contributed by atoms with E-state index in [1.807, 2.05) is 6.07 Å². The SMILES string of the molecule is Cc1oc(S(=O)(=O)N2CCCCC2)cc1C(=O)N1N=C(c2cccnc2)CC1c1ccccc1O. The van der Waals surface area contributed by atoms with Crippen LogP contribution in [0.5, 0.6) is 5.75 Å². The van der Waals surface area contributed by atoms with Crippen molar-refractivity contribution >= 4 is 21.6 Å². The van der Waals surface area contributed by atoms with E-state index in [2.05, 4.69) is 10.1 Å². The Morgan fingerprint density at radius 2 is 1.89 bits per heavy atom. The molecule has 0 saturated carbocycles.